The minimum absolute atomic E-state index is 0.551. The molecule has 0 aliphatic heterocycles. The van der Waals surface area contributed by atoms with Gasteiger partial charge in [0.1, 0.15) is 0 Å². The van der Waals surface area contributed by atoms with Gasteiger partial charge in [-0.15, -0.1) is 0 Å². The van der Waals surface area contributed by atoms with Gasteiger partial charge in [-0.2, -0.15) is 0 Å². The number of rotatable bonds is 0. The fourth-order valence-electron chi connectivity index (χ4n) is 2.15. The monoisotopic (exact) mass is 124 g/mol. The van der Waals surface area contributed by atoms with Crippen LogP contribution in [0.3, 0.4) is 0 Å². The van der Waals surface area contributed by atoms with Crippen LogP contribution in [0.25, 0.3) is 0 Å². The predicted octanol–water partition coefficient (Wildman–Crippen LogP) is 2.25. The van der Waals surface area contributed by atoms with Crippen molar-refractivity contribution < 1.29 is 5.11 Å². The highest BCUT2D eigenvalue weighted by molar-refractivity contribution is 5.21. The summed E-state index contributed by atoms with van der Waals surface area (Å²) in [5.74, 6) is 2.01. The lowest BCUT2D eigenvalue weighted by atomic mass is 9.99. The normalized spacial score (nSPS) is 40.6. The topological polar surface area (TPSA) is 20.2 Å². The molecule has 1 heteroatoms. The zero-order valence-electron chi connectivity index (χ0n) is 5.72. The smallest absolute Gasteiger partial charge is 0.0945 e. The van der Waals surface area contributed by atoms with Crippen molar-refractivity contribution >= 4 is 0 Å². The second-order valence-electron chi connectivity index (χ2n) is 3.28. The molecule has 0 amide bonds. The van der Waals surface area contributed by atoms with Crippen molar-refractivity contribution in [3.05, 3.63) is 11.3 Å². The zero-order chi connectivity index (χ0) is 6.43. The Kier molecular flexibility index (Phi) is 0.904. The first-order valence-corrected chi connectivity index (χ1v) is 3.68. The number of fused-ring (bicyclic) bond motifs is 2. The first kappa shape index (κ1) is 5.33. The molecule has 2 aliphatic rings. The summed E-state index contributed by atoms with van der Waals surface area (Å²) in [6.45, 7) is 2.07. The minimum Gasteiger partial charge on any atom is -0.512 e. The second-order valence-corrected chi connectivity index (χ2v) is 3.28. The molecule has 0 aromatic carbocycles. The number of hydrogen-bond donors (Lipinski definition) is 1. The SMILES string of the molecule is CC1=C(O)[C@H]2CC[C@@H]1C2. The van der Waals surface area contributed by atoms with E-state index in [4.69, 9.17) is 0 Å². The van der Waals surface area contributed by atoms with Gasteiger partial charge in [0.25, 0.3) is 0 Å². The van der Waals surface area contributed by atoms with Gasteiger partial charge in [-0.25, -0.2) is 0 Å². The highest BCUT2D eigenvalue weighted by Gasteiger charge is 2.36. The Balaban J connectivity index is 2.36. The molecule has 2 atom stereocenters. The third kappa shape index (κ3) is 0.549. The van der Waals surface area contributed by atoms with Gasteiger partial charge in [-0.05, 0) is 37.7 Å². The molecule has 2 rings (SSSR count). The van der Waals surface area contributed by atoms with Crippen molar-refractivity contribution in [2.75, 3.05) is 0 Å². The molecule has 0 radical (unpaired) electrons. The summed E-state index contributed by atoms with van der Waals surface area (Å²) in [6.07, 6.45) is 3.78. The summed E-state index contributed by atoms with van der Waals surface area (Å²) in [6, 6.07) is 0. The molecule has 1 fully saturated rings. The van der Waals surface area contributed by atoms with E-state index < -0.39 is 0 Å². The van der Waals surface area contributed by atoms with Gasteiger partial charge >= 0.3 is 0 Å². The summed E-state index contributed by atoms with van der Waals surface area (Å²) in [4.78, 5) is 0. The molecule has 9 heavy (non-hydrogen) atoms. The zero-order valence-corrected chi connectivity index (χ0v) is 5.72. The van der Waals surface area contributed by atoms with Crippen LogP contribution in [0.4, 0.5) is 0 Å². The first-order chi connectivity index (χ1) is 4.29. The van der Waals surface area contributed by atoms with Crippen molar-refractivity contribution in [1.82, 2.24) is 0 Å². The fraction of sp³-hybridized carbons (Fsp3) is 0.750. The summed E-state index contributed by atoms with van der Waals surface area (Å²) in [5, 5.41) is 9.37. The molecule has 2 aliphatic carbocycles. The van der Waals surface area contributed by atoms with E-state index in [1.165, 1.54) is 24.8 Å². The van der Waals surface area contributed by atoms with E-state index in [1.807, 2.05) is 0 Å². The summed E-state index contributed by atoms with van der Waals surface area (Å²) in [7, 11) is 0. The average Bonchev–Trinajstić information content (AvgIpc) is 2.37. The largest absolute Gasteiger partial charge is 0.512 e. The highest BCUT2D eigenvalue weighted by Crippen LogP contribution is 2.46. The van der Waals surface area contributed by atoms with E-state index >= 15 is 0 Å². The van der Waals surface area contributed by atoms with Gasteiger partial charge in [-0.1, -0.05) is 0 Å². The van der Waals surface area contributed by atoms with Crippen LogP contribution in [-0.2, 0) is 0 Å². The van der Waals surface area contributed by atoms with Crippen molar-refractivity contribution in [2.45, 2.75) is 26.2 Å². The van der Waals surface area contributed by atoms with Crippen molar-refractivity contribution in [3.8, 4) is 0 Å². The standard InChI is InChI=1S/C8H12O/c1-5-6-2-3-7(4-6)8(5)9/h6-7,9H,2-4H2,1H3/t6-,7+/m1/s1. The van der Waals surface area contributed by atoms with Gasteiger partial charge in [0.2, 0.25) is 0 Å². The van der Waals surface area contributed by atoms with Crippen molar-refractivity contribution in [1.29, 1.82) is 0 Å². The molecule has 0 aromatic rings. The van der Waals surface area contributed by atoms with Crippen LogP contribution in [0.2, 0.25) is 0 Å². The molecule has 1 N–H and O–H groups in total. The summed E-state index contributed by atoms with van der Waals surface area (Å²) < 4.78 is 0. The number of hydrogen-bond acceptors (Lipinski definition) is 1. The van der Waals surface area contributed by atoms with Crippen LogP contribution in [0.1, 0.15) is 26.2 Å². The van der Waals surface area contributed by atoms with Gasteiger partial charge < -0.3 is 5.11 Å². The number of allylic oxidation sites excluding steroid dienone is 2. The fourth-order valence-corrected chi connectivity index (χ4v) is 2.15. The van der Waals surface area contributed by atoms with Crippen LogP contribution in [0.5, 0.6) is 0 Å². The Morgan fingerprint density at radius 3 is 2.33 bits per heavy atom. The van der Waals surface area contributed by atoms with Gasteiger partial charge in [0.05, 0.1) is 5.76 Å². The summed E-state index contributed by atoms with van der Waals surface area (Å²) in [5.41, 5.74) is 1.27. The number of aliphatic hydroxyl groups is 1. The van der Waals surface area contributed by atoms with Crippen LogP contribution in [0, 0.1) is 11.8 Å². The quantitative estimate of drug-likeness (QED) is 0.525. The molecular weight excluding hydrogens is 112 g/mol. The Morgan fingerprint density at radius 2 is 2.00 bits per heavy atom. The van der Waals surface area contributed by atoms with Gasteiger partial charge in [0, 0.05) is 5.92 Å². The van der Waals surface area contributed by atoms with Crippen molar-refractivity contribution in [3.63, 3.8) is 0 Å². The Hall–Kier alpha value is -0.460. The second kappa shape index (κ2) is 1.53. The van der Waals surface area contributed by atoms with Gasteiger partial charge in [0.15, 0.2) is 0 Å². The van der Waals surface area contributed by atoms with E-state index in [0.717, 1.165) is 5.92 Å². The lowest BCUT2D eigenvalue weighted by molar-refractivity contribution is 0.334. The van der Waals surface area contributed by atoms with Crippen molar-refractivity contribution in [2.24, 2.45) is 11.8 Å². The maximum Gasteiger partial charge on any atom is 0.0945 e. The average molecular weight is 124 g/mol. The van der Waals surface area contributed by atoms with Crippen LogP contribution in [-0.4, -0.2) is 5.11 Å². The molecule has 1 nitrogen and oxygen atoms in total. The van der Waals surface area contributed by atoms with Crippen LogP contribution >= 0.6 is 0 Å². The summed E-state index contributed by atoms with van der Waals surface area (Å²) >= 11 is 0. The third-order valence-electron chi connectivity index (χ3n) is 2.84. The maximum absolute atomic E-state index is 9.37. The predicted molar refractivity (Wildman–Crippen MR) is 36.2 cm³/mol. The van der Waals surface area contributed by atoms with E-state index in [9.17, 15) is 5.11 Å². The lowest BCUT2D eigenvalue weighted by Gasteiger charge is -2.10. The van der Waals surface area contributed by atoms with E-state index in [-0.39, 0.29) is 0 Å². The first-order valence-electron chi connectivity index (χ1n) is 3.68. The van der Waals surface area contributed by atoms with Crippen LogP contribution in [0.15, 0.2) is 11.3 Å². The molecule has 2 bridgehead atoms. The Morgan fingerprint density at radius 1 is 1.33 bits per heavy atom. The van der Waals surface area contributed by atoms with E-state index in [1.54, 1.807) is 0 Å². The Bertz CT molecular complexity index is 151. The minimum atomic E-state index is 0.551. The van der Waals surface area contributed by atoms with Crippen LogP contribution < -0.4 is 0 Å². The van der Waals surface area contributed by atoms with E-state index in [0.29, 0.717) is 11.7 Å². The lowest BCUT2D eigenvalue weighted by Crippen LogP contribution is -1.99. The molecule has 0 aromatic heterocycles. The maximum atomic E-state index is 9.37. The molecular formula is C8H12O. The molecule has 0 heterocycles. The molecule has 1 saturated carbocycles. The molecule has 0 saturated heterocycles. The number of aliphatic hydroxyl groups excluding tert-OH is 1. The van der Waals surface area contributed by atoms with E-state index in [2.05, 4.69) is 6.92 Å². The molecule has 0 spiro atoms. The van der Waals surface area contributed by atoms with Gasteiger partial charge in [-0.3, -0.25) is 0 Å². The Labute approximate surface area is 55.4 Å². The molecule has 50 valence electrons. The third-order valence-corrected chi connectivity index (χ3v) is 2.84. The highest BCUT2D eigenvalue weighted by atomic mass is 16.3. The molecule has 0 unspecified atom stereocenters.